The van der Waals surface area contributed by atoms with E-state index in [4.69, 9.17) is 25.8 Å². The molecule has 0 saturated carbocycles. The minimum Gasteiger partial charge on any atom is -0.486 e. The van der Waals surface area contributed by atoms with Crippen molar-refractivity contribution in [1.29, 1.82) is 0 Å². The third-order valence-electron chi connectivity index (χ3n) is 4.14. The fraction of sp³-hybridized carbons (Fsp3) is 0.300. The van der Waals surface area contributed by atoms with Gasteiger partial charge in [0.1, 0.15) is 24.8 Å². The van der Waals surface area contributed by atoms with Gasteiger partial charge in [0.25, 0.3) is 5.91 Å². The van der Waals surface area contributed by atoms with Gasteiger partial charge < -0.3 is 24.4 Å². The lowest BCUT2D eigenvalue weighted by molar-refractivity contribution is -0.136. The van der Waals surface area contributed by atoms with Crippen LogP contribution in [0.1, 0.15) is 6.92 Å². The Morgan fingerprint density at radius 3 is 2.66 bits per heavy atom. The molecule has 2 amide bonds. The highest BCUT2D eigenvalue weighted by molar-refractivity contribution is 6.32. The highest BCUT2D eigenvalue weighted by Gasteiger charge is 2.18. The van der Waals surface area contributed by atoms with Gasteiger partial charge in [-0.1, -0.05) is 11.6 Å². The molecule has 2 aromatic rings. The number of anilines is 1. The summed E-state index contributed by atoms with van der Waals surface area (Å²) in [4.78, 5) is 26.1. The molecule has 29 heavy (non-hydrogen) atoms. The van der Waals surface area contributed by atoms with Crippen molar-refractivity contribution < 1.29 is 28.2 Å². The maximum absolute atomic E-state index is 13.1. The van der Waals surface area contributed by atoms with Crippen molar-refractivity contribution >= 4 is 29.1 Å². The van der Waals surface area contributed by atoms with Gasteiger partial charge in [-0.05, 0) is 37.3 Å². The zero-order valence-corrected chi connectivity index (χ0v) is 16.5. The van der Waals surface area contributed by atoms with E-state index in [1.807, 2.05) is 0 Å². The summed E-state index contributed by atoms with van der Waals surface area (Å²) in [5.41, 5.74) is 0.539. The topological polar surface area (TPSA) is 77.1 Å². The van der Waals surface area contributed by atoms with Crippen LogP contribution in [-0.4, -0.2) is 49.6 Å². The fourth-order valence-electron chi connectivity index (χ4n) is 2.69. The van der Waals surface area contributed by atoms with Crippen LogP contribution in [0.2, 0.25) is 5.02 Å². The van der Waals surface area contributed by atoms with Crippen molar-refractivity contribution in [1.82, 2.24) is 4.90 Å². The van der Waals surface area contributed by atoms with Crippen LogP contribution in [0, 0.1) is 5.82 Å². The van der Waals surface area contributed by atoms with Crippen LogP contribution in [0.5, 0.6) is 17.2 Å². The minimum absolute atomic E-state index is 0.0669. The number of halogens is 2. The Kier molecular flexibility index (Phi) is 6.77. The fourth-order valence-corrected chi connectivity index (χ4v) is 2.92. The van der Waals surface area contributed by atoms with E-state index in [1.54, 1.807) is 25.1 Å². The maximum atomic E-state index is 13.1. The summed E-state index contributed by atoms with van der Waals surface area (Å²) in [6, 6.07) is 8.71. The first-order valence-electron chi connectivity index (χ1n) is 9.01. The quantitative estimate of drug-likeness (QED) is 0.741. The van der Waals surface area contributed by atoms with Crippen molar-refractivity contribution in [3.8, 4) is 17.2 Å². The van der Waals surface area contributed by atoms with Crippen LogP contribution in [-0.2, 0) is 9.59 Å². The van der Waals surface area contributed by atoms with Crippen LogP contribution >= 0.6 is 11.6 Å². The number of hydrogen-bond donors (Lipinski definition) is 1. The number of likely N-dealkylation sites (N-methyl/N-ethyl adjacent to an activating group) is 1. The predicted molar refractivity (Wildman–Crippen MR) is 105 cm³/mol. The Hall–Kier alpha value is -3.00. The first kappa shape index (κ1) is 20.7. The number of amides is 2. The Balaban J connectivity index is 1.54. The summed E-state index contributed by atoms with van der Waals surface area (Å²) >= 11 is 5.88. The Morgan fingerprint density at radius 1 is 1.17 bits per heavy atom. The highest BCUT2D eigenvalue weighted by Crippen LogP contribution is 2.32. The molecule has 0 bridgehead atoms. The summed E-state index contributed by atoms with van der Waals surface area (Å²) in [5.74, 6) is 0.109. The van der Waals surface area contributed by atoms with Crippen LogP contribution in [0.3, 0.4) is 0 Å². The second kappa shape index (κ2) is 9.47. The molecule has 0 aliphatic carbocycles. The van der Waals surface area contributed by atoms with Gasteiger partial charge in [-0.2, -0.15) is 0 Å². The lowest BCUT2D eigenvalue weighted by Gasteiger charge is -2.21. The second-order valence-corrected chi connectivity index (χ2v) is 6.59. The number of nitrogens with zero attached hydrogens (tertiary/aromatic N) is 1. The molecule has 154 valence electrons. The van der Waals surface area contributed by atoms with Crippen LogP contribution < -0.4 is 19.5 Å². The normalized spacial score (nSPS) is 12.2. The molecule has 9 heteroatoms. The average Bonchev–Trinajstić information content (AvgIpc) is 2.71. The molecular formula is C20H20ClFN2O5. The number of fused-ring (bicyclic) bond motifs is 1. The van der Waals surface area contributed by atoms with Gasteiger partial charge in [-0.25, -0.2) is 4.39 Å². The van der Waals surface area contributed by atoms with E-state index in [2.05, 4.69) is 5.32 Å². The van der Waals surface area contributed by atoms with Gasteiger partial charge in [0.2, 0.25) is 5.91 Å². The monoisotopic (exact) mass is 422 g/mol. The molecule has 0 fully saturated rings. The lowest BCUT2D eigenvalue weighted by Crippen LogP contribution is -2.40. The number of ether oxygens (including phenoxy) is 3. The predicted octanol–water partition coefficient (Wildman–Crippen LogP) is 3.12. The molecule has 0 aromatic heterocycles. The first-order valence-corrected chi connectivity index (χ1v) is 9.39. The standard InChI is InChI=1S/C20H20ClFN2O5/c1-2-24(20(26)12-29-16-5-3-13(22)9-15(16)21)11-19(25)23-14-4-6-17-18(10-14)28-8-7-27-17/h3-6,9-10H,2,7-8,11-12H2,1H3,(H,23,25). The maximum Gasteiger partial charge on any atom is 0.260 e. The third-order valence-corrected chi connectivity index (χ3v) is 4.44. The van der Waals surface area contributed by atoms with Gasteiger partial charge in [0.15, 0.2) is 18.1 Å². The number of benzene rings is 2. The Morgan fingerprint density at radius 2 is 1.93 bits per heavy atom. The van der Waals surface area contributed by atoms with Gasteiger partial charge in [0.05, 0.1) is 11.6 Å². The molecule has 7 nitrogen and oxygen atoms in total. The van der Waals surface area contributed by atoms with Crippen LogP contribution in [0.15, 0.2) is 36.4 Å². The zero-order chi connectivity index (χ0) is 20.8. The molecule has 0 spiro atoms. The summed E-state index contributed by atoms with van der Waals surface area (Å²) in [6.45, 7) is 2.52. The van der Waals surface area contributed by atoms with Crippen molar-refractivity contribution in [2.45, 2.75) is 6.92 Å². The summed E-state index contributed by atoms with van der Waals surface area (Å²) in [7, 11) is 0. The average molecular weight is 423 g/mol. The van der Waals surface area contributed by atoms with Gasteiger partial charge >= 0.3 is 0 Å². The number of nitrogens with one attached hydrogen (secondary N) is 1. The van der Waals surface area contributed by atoms with E-state index in [0.717, 1.165) is 6.07 Å². The molecule has 0 saturated heterocycles. The molecule has 3 rings (SSSR count). The first-order chi connectivity index (χ1) is 14.0. The van der Waals surface area contributed by atoms with E-state index in [9.17, 15) is 14.0 Å². The number of hydrogen-bond acceptors (Lipinski definition) is 5. The number of rotatable bonds is 7. The second-order valence-electron chi connectivity index (χ2n) is 6.18. The molecular weight excluding hydrogens is 403 g/mol. The van der Waals surface area contributed by atoms with E-state index in [-0.39, 0.29) is 29.8 Å². The smallest absolute Gasteiger partial charge is 0.260 e. The number of carbonyl (C=O) groups excluding carboxylic acids is 2. The summed E-state index contributed by atoms with van der Waals surface area (Å²) in [5, 5.41) is 2.80. The molecule has 1 aliphatic heterocycles. The SMILES string of the molecule is CCN(CC(=O)Nc1ccc2c(c1)OCCO2)C(=O)COc1ccc(F)cc1Cl. The van der Waals surface area contributed by atoms with Crippen LogP contribution in [0.25, 0.3) is 0 Å². The Bertz CT molecular complexity index is 908. The Labute approximate surface area is 172 Å². The van der Waals surface area contributed by atoms with Gasteiger partial charge in [0, 0.05) is 18.3 Å². The molecule has 0 radical (unpaired) electrons. The van der Waals surface area contributed by atoms with E-state index in [0.29, 0.717) is 36.9 Å². The van der Waals surface area contributed by atoms with Gasteiger partial charge in [-0.15, -0.1) is 0 Å². The molecule has 1 heterocycles. The van der Waals surface area contributed by atoms with Crippen molar-refractivity contribution in [3.63, 3.8) is 0 Å². The minimum atomic E-state index is -0.500. The molecule has 1 N–H and O–H groups in total. The molecule has 0 atom stereocenters. The lowest BCUT2D eigenvalue weighted by atomic mass is 10.2. The third kappa shape index (κ3) is 5.51. The van der Waals surface area contributed by atoms with Crippen LogP contribution in [0.4, 0.5) is 10.1 Å². The molecule has 2 aromatic carbocycles. The van der Waals surface area contributed by atoms with Crippen molar-refractivity contribution in [3.05, 3.63) is 47.2 Å². The summed E-state index contributed by atoms with van der Waals surface area (Å²) < 4.78 is 29.3. The van der Waals surface area contributed by atoms with E-state index in [1.165, 1.54) is 17.0 Å². The summed E-state index contributed by atoms with van der Waals surface area (Å²) in [6.07, 6.45) is 0. The van der Waals surface area contributed by atoms with E-state index < -0.39 is 11.7 Å². The van der Waals surface area contributed by atoms with Crippen molar-refractivity contribution in [2.24, 2.45) is 0 Å². The molecule has 1 aliphatic rings. The zero-order valence-electron chi connectivity index (χ0n) is 15.7. The highest BCUT2D eigenvalue weighted by atomic mass is 35.5. The van der Waals surface area contributed by atoms with Gasteiger partial charge in [-0.3, -0.25) is 9.59 Å². The molecule has 0 unspecified atom stereocenters. The number of carbonyl (C=O) groups is 2. The largest absolute Gasteiger partial charge is 0.486 e. The van der Waals surface area contributed by atoms with Crippen molar-refractivity contribution in [2.75, 3.05) is 38.2 Å². The van der Waals surface area contributed by atoms with E-state index >= 15 is 0 Å².